The maximum absolute atomic E-state index is 5.26. The van der Waals surface area contributed by atoms with Crippen LogP contribution in [0.4, 0.5) is 0 Å². The molecule has 3 nitrogen and oxygen atoms in total. The molecule has 0 unspecified atom stereocenters. The van der Waals surface area contributed by atoms with Crippen LogP contribution < -0.4 is 0 Å². The molecule has 0 bridgehead atoms. The first kappa shape index (κ1) is 30.0. The van der Waals surface area contributed by atoms with Gasteiger partial charge in [0.1, 0.15) is 0 Å². The highest BCUT2D eigenvalue weighted by atomic mass is 32.1. The molecule has 0 amide bonds. The molecule has 0 fully saturated rings. The normalized spacial score (nSPS) is 12.1. The molecule has 0 saturated carbocycles. The summed E-state index contributed by atoms with van der Waals surface area (Å²) in [4.78, 5) is 15.7. The second kappa shape index (κ2) is 11.5. The van der Waals surface area contributed by atoms with E-state index in [0.717, 1.165) is 27.5 Å². The molecule has 0 saturated heterocycles. The summed E-state index contributed by atoms with van der Waals surface area (Å²) in [7, 11) is 0. The molecule has 12 rings (SSSR count). The van der Waals surface area contributed by atoms with Crippen LogP contribution in [0.5, 0.6) is 0 Å². The number of aromatic nitrogens is 3. The van der Waals surface area contributed by atoms with Crippen molar-refractivity contribution in [2.45, 2.75) is 0 Å². The standard InChI is InChI=1S/C49H27N3S2/c1-2-9-30-24-33(21-16-28(30)8-1)47-50-48(52-49(51-47)38-12-7-15-43-46(38)37-11-4-6-14-42(37)53-43)34-22-23-35-31(25-34)19-17-29-18-20-32-26-40-36-10-3-5-13-41(36)54-44(40)27-39(32)45(29)35/h1-27H. The Morgan fingerprint density at radius 2 is 0.889 bits per heavy atom. The largest absolute Gasteiger partial charge is 0.208 e. The van der Waals surface area contributed by atoms with E-state index in [9.17, 15) is 0 Å². The highest BCUT2D eigenvalue weighted by molar-refractivity contribution is 7.26. The fraction of sp³-hybridized carbons (Fsp3) is 0. The lowest BCUT2D eigenvalue weighted by Gasteiger charge is -2.12. The first-order chi connectivity index (χ1) is 26.7. The van der Waals surface area contributed by atoms with E-state index in [2.05, 4.69) is 164 Å². The Kier molecular flexibility index (Phi) is 6.38. The summed E-state index contributed by atoms with van der Waals surface area (Å²) in [6, 6.07) is 59.1. The van der Waals surface area contributed by atoms with Gasteiger partial charge in [0, 0.05) is 57.0 Å². The molecule has 3 heterocycles. The second-order valence-electron chi connectivity index (χ2n) is 14.0. The van der Waals surface area contributed by atoms with Gasteiger partial charge in [0.05, 0.1) is 0 Å². The molecule has 0 N–H and O–H groups in total. The maximum atomic E-state index is 5.26. The zero-order valence-electron chi connectivity index (χ0n) is 28.7. The molecule has 0 radical (unpaired) electrons. The average Bonchev–Trinajstić information content (AvgIpc) is 3.80. The molecule has 9 aromatic carbocycles. The van der Waals surface area contributed by atoms with Gasteiger partial charge in [0.2, 0.25) is 0 Å². The van der Waals surface area contributed by atoms with E-state index < -0.39 is 0 Å². The van der Waals surface area contributed by atoms with Gasteiger partial charge in [-0.2, -0.15) is 0 Å². The van der Waals surface area contributed by atoms with E-state index in [0.29, 0.717) is 17.5 Å². The molecule has 5 heteroatoms. The summed E-state index contributed by atoms with van der Waals surface area (Å²) < 4.78 is 5.12. The Morgan fingerprint density at radius 3 is 1.72 bits per heavy atom. The van der Waals surface area contributed by atoms with E-state index in [-0.39, 0.29) is 0 Å². The Morgan fingerprint density at radius 1 is 0.296 bits per heavy atom. The van der Waals surface area contributed by atoms with E-state index in [1.807, 2.05) is 11.3 Å². The van der Waals surface area contributed by atoms with Gasteiger partial charge in [0.15, 0.2) is 17.5 Å². The SMILES string of the molecule is c1ccc2cc(-c3nc(-c4ccc5c(ccc6ccc7cc8c(cc7c65)sc5ccccc58)c4)nc(-c4cccc5sc6ccccc6c45)n3)ccc2c1. The zero-order valence-corrected chi connectivity index (χ0v) is 30.4. The molecule has 0 aliphatic carbocycles. The maximum Gasteiger partial charge on any atom is 0.164 e. The van der Waals surface area contributed by atoms with Crippen molar-refractivity contribution in [2.75, 3.05) is 0 Å². The van der Waals surface area contributed by atoms with Gasteiger partial charge in [-0.25, -0.2) is 15.0 Å². The van der Waals surface area contributed by atoms with Crippen molar-refractivity contribution in [3.63, 3.8) is 0 Å². The Balaban J connectivity index is 1.08. The second-order valence-corrected chi connectivity index (χ2v) is 16.1. The topological polar surface area (TPSA) is 38.7 Å². The van der Waals surface area contributed by atoms with Gasteiger partial charge in [0.25, 0.3) is 0 Å². The number of rotatable bonds is 3. The van der Waals surface area contributed by atoms with Gasteiger partial charge in [-0.3, -0.25) is 0 Å². The summed E-state index contributed by atoms with van der Waals surface area (Å²) in [5, 5.41) is 14.8. The van der Waals surface area contributed by atoms with Gasteiger partial charge < -0.3 is 0 Å². The Labute approximate surface area is 317 Å². The first-order valence-electron chi connectivity index (χ1n) is 18.1. The van der Waals surface area contributed by atoms with Crippen LogP contribution >= 0.6 is 22.7 Å². The summed E-state index contributed by atoms with van der Waals surface area (Å²) in [5.74, 6) is 2.00. The van der Waals surface area contributed by atoms with Gasteiger partial charge in [-0.05, 0) is 85.6 Å². The van der Waals surface area contributed by atoms with E-state index in [1.54, 1.807) is 11.3 Å². The fourth-order valence-corrected chi connectivity index (χ4v) is 10.6. The predicted octanol–water partition coefficient (Wildman–Crippen LogP) is 14.2. The summed E-state index contributed by atoms with van der Waals surface area (Å²) >= 11 is 3.68. The molecular formula is C49H27N3S2. The van der Waals surface area contributed by atoms with Crippen molar-refractivity contribution in [1.82, 2.24) is 15.0 Å². The van der Waals surface area contributed by atoms with Gasteiger partial charge >= 0.3 is 0 Å². The Hall–Kier alpha value is -6.53. The first-order valence-corrected chi connectivity index (χ1v) is 19.7. The molecule has 54 heavy (non-hydrogen) atoms. The molecule has 0 atom stereocenters. The van der Waals surface area contributed by atoms with Crippen molar-refractivity contribution < 1.29 is 0 Å². The fourth-order valence-electron chi connectivity index (χ4n) is 8.29. The van der Waals surface area contributed by atoms with Crippen LogP contribution in [0.15, 0.2) is 164 Å². The summed E-state index contributed by atoms with van der Waals surface area (Å²) in [5.41, 5.74) is 2.94. The Bertz CT molecular complexity index is 3520. The quantitative estimate of drug-likeness (QED) is 0.171. The smallest absolute Gasteiger partial charge is 0.164 e. The number of nitrogens with zero attached hydrogens (tertiary/aromatic N) is 3. The predicted molar refractivity (Wildman–Crippen MR) is 232 cm³/mol. The van der Waals surface area contributed by atoms with Crippen LogP contribution in [-0.4, -0.2) is 15.0 Å². The minimum atomic E-state index is 0.659. The van der Waals surface area contributed by atoms with Gasteiger partial charge in [-0.15, -0.1) is 22.7 Å². The lowest BCUT2D eigenvalue weighted by atomic mass is 9.94. The molecule has 250 valence electrons. The van der Waals surface area contributed by atoms with Crippen LogP contribution in [0, 0.1) is 0 Å². The number of fused-ring (bicyclic) bond motifs is 12. The summed E-state index contributed by atoms with van der Waals surface area (Å²) in [6.45, 7) is 0. The number of hydrogen-bond acceptors (Lipinski definition) is 5. The van der Waals surface area contributed by atoms with Crippen LogP contribution in [0.2, 0.25) is 0 Å². The molecule has 0 aliphatic heterocycles. The number of thiophene rings is 2. The third kappa shape index (κ3) is 4.56. The number of hydrogen-bond donors (Lipinski definition) is 0. The van der Waals surface area contributed by atoms with Crippen molar-refractivity contribution in [3.05, 3.63) is 164 Å². The molecule has 0 aliphatic rings. The van der Waals surface area contributed by atoms with Crippen LogP contribution in [0.3, 0.4) is 0 Å². The minimum absolute atomic E-state index is 0.659. The summed E-state index contributed by atoms with van der Waals surface area (Å²) in [6.07, 6.45) is 0. The molecular weight excluding hydrogens is 695 g/mol. The highest BCUT2D eigenvalue weighted by Crippen LogP contribution is 2.42. The monoisotopic (exact) mass is 721 g/mol. The van der Waals surface area contributed by atoms with Crippen molar-refractivity contribution in [2.24, 2.45) is 0 Å². The lowest BCUT2D eigenvalue weighted by molar-refractivity contribution is 1.08. The lowest BCUT2D eigenvalue weighted by Crippen LogP contribution is -2.00. The van der Waals surface area contributed by atoms with E-state index >= 15 is 0 Å². The van der Waals surface area contributed by atoms with Crippen molar-refractivity contribution in [1.29, 1.82) is 0 Å². The van der Waals surface area contributed by atoms with Crippen LogP contribution in [0.1, 0.15) is 0 Å². The van der Waals surface area contributed by atoms with Crippen LogP contribution in [-0.2, 0) is 0 Å². The van der Waals surface area contributed by atoms with Crippen molar-refractivity contribution >= 4 is 106 Å². The van der Waals surface area contributed by atoms with Crippen molar-refractivity contribution in [3.8, 4) is 34.2 Å². The van der Waals surface area contributed by atoms with E-state index in [4.69, 9.17) is 15.0 Å². The average molecular weight is 722 g/mol. The molecule has 0 spiro atoms. The highest BCUT2D eigenvalue weighted by Gasteiger charge is 2.18. The third-order valence-corrected chi connectivity index (χ3v) is 13.1. The zero-order chi connectivity index (χ0) is 35.3. The molecule has 3 aromatic heterocycles. The van der Waals surface area contributed by atoms with Gasteiger partial charge in [-0.1, -0.05) is 121 Å². The van der Waals surface area contributed by atoms with Crippen LogP contribution in [0.25, 0.3) is 118 Å². The minimum Gasteiger partial charge on any atom is -0.208 e. The third-order valence-electron chi connectivity index (χ3n) is 10.9. The van der Waals surface area contributed by atoms with E-state index in [1.165, 1.54) is 72.7 Å². The number of benzene rings is 9. The molecule has 12 aromatic rings.